The van der Waals surface area contributed by atoms with Crippen molar-refractivity contribution in [2.24, 2.45) is 7.05 Å². The Balaban J connectivity index is 1.75. The minimum atomic E-state index is 0.157. The number of aromatic hydroxyl groups is 1. The van der Waals surface area contributed by atoms with Crippen LogP contribution in [0.2, 0.25) is 0 Å². The van der Waals surface area contributed by atoms with Crippen LogP contribution < -0.4 is 10.1 Å². The molecule has 5 nitrogen and oxygen atoms in total. The zero-order valence-corrected chi connectivity index (χ0v) is 12.0. The van der Waals surface area contributed by atoms with Gasteiger partial charge in [0.25, 0.3) is 0 Å². The number of rotatable bonds is 3. The summed E-state index contributed by atoms with van der Waals surface area (Å²) in [4.78, 5) is 0. The number of hydrogen-bond donors (Lipinski definition) is 2. The third-order valence-electron chi connectivity index (χ3n) is 3.96. The first-order chi connectivity index (χ1) is 9.56. The number of ether oxygens (including phenoxy) is 1. The molecular weight excluding hydrogens is 254 g/mol. The Bertz CT molecular complexity index is 649. The molecule has 5 heteroatoms. The van der Waals surface area contributed by atoms with Gasteiger partial charge in [-0.1, -0.05) is 0 Å². The lowest BCUT2D eigenvalue weighted by atomic mass is 10.1. The maximum Gasteiger partial charge on any atom is 0.127 e. The molecule has 2 aromatic rings. The van der Waals surface area contributed by atoms with Gasteiger partial charge in [0.05, 0.1) is 11.7 Å². The molecule has 0 aliphatic carbocycles. The first kappa shape index (κ1) is 13.0. The zero-order chi connectivity index (χ0) is 14.3. The van der Waals surface area contributed by atoms with Crippen molar-refractivity contribution in [3.05, 3.63) is 40.7 Å². The molecule has 2 N–H and O–H groups in total. The van der Waals surface area contributed by atoms with Gasteiger partial charge in [-0.15, -0.1) is 0 Å². The van der Waals surface area contributed by atoms with Crippen LogP contribution in [0.4, 0.5) is 0 Å². The summed E-state index contributed by atoms with van der Waals surface area (Å²) in [5.41, 5.74) is 4.57. The highest BCUT2D eigenvalue weighted by molar-refractivity contribution is 5.44. The van der Waals surface area contributed by atoms with E-state index < -0.39 is 0 Å². The van der Waals surface area contributed by atoms with Gasteiger partial charge >= 0.3 is 0 Å². The molecule has 3 rings (SSSR count). The van der Waals surface area contributed by atoms with Gasteiger partial charge in [0, 0.05) is 36.5 Å². The average molecular weight is 273 g/mol. The van der Waals surface area contributed by atoms with E-state index in [1.807, 2.05) is 24.7 Å². The second kappa shape index (κ2) is 4.83. The number of phenols is 1. The fraction of sp³-hybridized carbons (Fsp3) is 0.400. The molecule has 20 heavy (non-hydrogen) atoms. The Kier molecular flexibility index (Phi) is 3.14. The fourth-order valence-corrected chi connectivity index (χ4v) is 2.67. The van der Waals surface area contributed by atoms with Crippen molar-refractivity contribution in [1.29, 1.82) is 0 Å². The van der Waals surface area contributed by atoms with Crippen molar-refractivity contribution >= 4 is 0 Å². The summed E-state index contributed by atoms with van der Waals surface area (Å²) < 4.78 is 7.51. The zero-order valence-electron chi connectivity index (χ0n) is 12.0. The number of nitrogens with one attached hydrogen (secondary N) is 1. The Morgan fingerprint density at radius 2 is 2.25 bits per heavy atom. The standard InChI is InChI=1S/C15H19N3O2/c1-9-13(10(2)18(3)17-9)7-16-14-8-20-15-6-11(19)4-5-12(14)15/h4-6,14,16,19H,7-8H2,1-3H3. The Morgan fingerprint density at radius 3 is 2.95 bits per heavy atom. The topological polar surface area (TPSA) is 59.3 Å². The van der Waals surface area contributed by atoms with E-state index in [0.29, 0.717) is 6.61 Å². The van der Waals surface area contributed by atoms with Crippen molar-refractivity contribution in [1.82, 2.24) is 15.1 Å². The summed E-state index contributed by atoms with van der Waals surface area (Å²) in [7, 11) is 1.96. The van der Waals surface area contributed by atoms with Gasteiger partial charge in [0.15, 0.2) is 0 Å². The highest BCUT2D eigenvalue weighted by Gasteiger charge is 2.24. The highest BCUT2D eigenvalue weighted by Crippen LogP contribution is 2.35. The number of fused-ring (bicyclic) bond motifs is 1. The Hall–Kier alpha value is -2.01. The van der Waals surface area contributed by atoms with Gasteiger partial charge < -0.3 is 15.2 Å². The molecule has 0 saturated heterocycles. The summed E-state index contributed by atoms with van der Waals surface area (Å²) in [6.07, 6.45) is 0. The number of nitrogens with zero attached hydrogens (tertiary/aromatic N) is 2. The number of aryl methyl sites for hydroxylation is 2. The van der Waals surface area contributed by atoms with Crippen LogP contribution in [0.3, 0.4) is 0 Å². The summed E-state index contributed by atoms with van der Waals surface area (Å²) >= 11 is 0. The summed E-state index contributed by atoms with van der Waals surface area (Å²) in [5.74, 6) is 1.01. The summed E-state index contributed by atoms with van der Waals surface area (Å²) in [5, 5.41) is 17.4. The monoisotopic (exact) mass is 273 g/mol. The molecule has 1 aromatic carbocycles. The molecule has 0 fully saturated rings. The van der Waals surface area contributed by atoms with E-state index >= 15 is 0 Å². The second-order valence-corrected chi connectivity index (χ2v) is 5.24. The van der Waals surface area contributed by atoms with Crippen LogP contribution in [0.1, 0.15) is 28.6 Å². The minimum Gasteiger partial charge on any atom is -0.508 e. The predicted octanol–water partition coefficient (Wildman–Crippen LogP) is 1.97. The van der Waals surface area contributed by atoms with Gasteiger partial charge in [0.2, 0.25) is 0 Å². The number of hydrogen-bond acceptors (Lipinski definition) is 4. The van der Waals surface area contributed by atoms with Crippen LogP contribution in [0.5, 0.6) is 11.5 Å². The fourth-order valence-electron chi connectivity index (χ4n) is 2.67. The quantitative estimate of drug-likeness (QED) is 0.897. The van der Waals surface area contributed by atoms with E-state index in [1.54, 1.807) is 12.1 Å². The van der Waals surface area contributed by atoms with Crippen LogP contribution in [-0.4, -0.2) is 21.5 Å². The van der Waals surface area contributed by atoms with E-state index in [-0.39, 0.29) is 11.8 Å². The molecule has 1 aliphatic heterocycles. The van der Waals surface area contributed by atoms with E-state index in [2.05, 4.69) is 17.3 Å². The summed E-state index contributed by atoms with van der Waals surface area (Å²) in [6, 6.07) is 5.43. The lowest BCUT2D eigenvalue weighted by Crippen LogP contribution is -2.22. The maximum atomic E-state index is 9.45. The van der Waals surface area contributed by atoms with Crippen molar-refractivity contribution in [3.63, 3.8) is 0 Å². The smallest absolute Gasteiger partial charge is 0.127 e. The molecular formula is C15H19N3O2. The molecule has 0 bridgehead atoms. The lowest BCUT2D eigenvalue weighted by Gasteiger charge is -2.12. The molecule has 1 aliphatic rings. The second-order valence-electron chi connectivity index (χ2n) is 5.24. The Morgan fingerprint density at radius 1 is 1.45 bits per heavy atom. The third-order valence-corrected chi connectivity index (χ3v) is 3.96. The molecule has 0 saturated carbocycles. The van der Waals surface area contributed by atoms with Gasteiger partial charge in [0.1, 0.15) is 18.1 Å². The summed E-state index contributed by atoms with van der Waals surface area (Å²) in [6.45, 7) is 5.46. The molecule has 1 aromatic heterocycles. The van der Waals surface area contributed by atoms with Crippen LogP contribution >= 0.6 is 0 Å². The Labute approximate surface area is 118 Å². The lowest BCUT2D eigenvalue weighted by molar-refractivity contribution is 0.309. The number of benzene rings is 1. The van der Waals surface area contributed by atoms with Crippen LogP contribution in [0.15, 0.2) is 18.2 Å². The highest BCUT2D eigenvalue weighted by atomic mass is 16.5. The van der Waals surface area contributed by atoms with E-state index in [1.165, 1.54) is 11.3 Å². The predicted molar refractivity (Wildman–Crippen MR) is 75.9 cm³/mol. The van der Waals surface area contributed by atoms with Crippen LogP contribution in [0, 0.1) is 13.8 Å². The maximum absolute atomic E-state index is 9.45. The molecule has 2 heterocycles. The SMILES string of the molecule is Cc1nn(C)c(C)c1CNC1COc2cc(O)ccc21. The van der Waals surface area contributed by atoms with Crippen molar-refractivity contribution < 1.29 is 9.84 Å². The molecule has 1 unspecified atom stereocenters. The molecule has 0 amide bonds. The number of phenolic OH excluding ortho intramolecular Hbond substituents is 1. The van der Waals surface area contributed by atoms with E-state index in [9.17, 15) is 5.11 Å². The normalized spacial score (nSPS) is 17.1. The van der Waals surface area contributed by atoms with Crippen molar-refractivity contribution in [2.45, 2.75) is 26.4 Å². The molecule has 1 atom stereocenters. The molecule has 0 radical (unpaired) electrons. The van der Waals surface area contributed by atoms with Crippen LogP contribution in [-0.2, 0) is 13.6 Å². The van der Waals surface area contributed by atoms with E-state index in [0.717, 1.165) is 23.6 Å². The van der Waals surface area contributed by atoms with Crippen molar-refractivity contribution in [2.75, 3.05) is 6.61 Å². The van der Waals surface area contributed by atoms with Crippen LogP contribution in [0.25, 0.3) is 0 Å². The van der Waals surface area contributed by atoms with E-state index in [4.69, 9.17) is 4.74 Å². The molecule has 0 spiro atoms. The van der Waals surface area contributed by atoms with Gasteiger partial charge in [-0.3, -0.25) is 4.68 Å². The third kappa shape index (κ3) is 2.14. The van der Waals surface area contributed by atoms with Gasteiger partial charge in [-0.25, -0.2) is 0 Å². The first-order valence-electron chi connectivity index (χ1n) is 6.74. The van der Waals surface area contributed by atoms with Gasteiger partial charge in [-0.05, 0) is 26.0 Å². The average Bonchev–Trinajstić information content (AvgIpc) is 2.90. The van der Waals surface area contributed by atoms with Gasteiger partial charge in [-0.2, -0.15) is 5.10 Å². The number of aromatic nitrogens is 2. The largest absolute Gasteiger partial charge is 0.508 e. The minimum absolute atomic E-state index is 0.157. The first-order valence-corrected chi connectivity index (χ1v) is 6.74. The molecule has 106 valence electrons. The van der Waals surface area contributed by atoms with Crippen molar-refractivity contribution in [3.8, 4) is 11.5 Å².